The summed E-state index contributed by atoms with van der Waals surface area (Å²) in [6.45, 7) is 4.68. The first-order valence-corrected chi connectivity index (χ1v) is 8.79. The van der Waals surface area contributed by atoms with Crippen LogP contribution in [0.5, 0.6) is 0 Å². The second-order valence-electron chi connectivity index (χ2n) is 4.48. The average molecular weight is 312 g/mol. The second kappa shape index (κ2) is 8.20. The Bertz CT molecular complexity index is 555. The highest BCUT2D eigenvalue weighted by Gasteiger charge is 2.12. The van der Waals surface area contributed by atoms with Crippen LogP contribution in [0.1, 0.15) is 33.5 Å². The van der Waals surface area contributed by atoms with Gasteiger partial charge < -0.3 is 11.1 Å². The number of carbonyl (C=O) groups excluding carboxylic acids is 1. The lowest BCUT2D eigenvalue weighted by Crippen LogP contribution is -2.26. The number of aryl methyl sites for hydroxylation is 1. The van der Waals surface area contributed by atoms with E-state index in [9.17, 15) is 9.00 Å². The van der Waals surface area contributed by atoms with Crippen molar-refractivity contribution in [3.63, 3.8) is 0 Å². The first-order valence-electron chi connectivity index (χ1n) is 6.35. The molecule has 1 aromatic heterocycles. The molecule has 1 aromatic rings. The molecule has 0 saturated carbocycles. The van der Waals surface area contributed by atoms with E-state index in [0.717, 1.165) is 10.4 Å². The highest BCUT2D eigenvalue weighted by molar-refractivity contribution is 7.84. The fraction of sp³-hybridized carbons (Fsp3) is 0.500. The highest BCUT2D eigenvalue weighted by Crippen LogP contribution is 2.20. The van der Waals surface area contributed by atoms with E-state index in [1.807, 2.05) is 19.9 Å². The zero-order chi connectivity index (χ0) is 15.1. The van der Waals surface area contributed by atoms with E-state index in [1.165, 1.54) is 11.3 Å². The minimum atomic E-state index is -0.852. The maximum absolute atomic E-state index is 12.0. The molecule has 110 valence electrons. The molecule has 0 aliphatic heterocycles. The zero-order valence-corrected chi connectivity index (χ0v) is 13.6. The number of carbonyl (C=O) groups is 1. The summed E-state index contributed by atoms with van der Waals surface area (Å²) in [7, 11) is -0.852. The molecule has 1 amide bonds. The van der Waals surface area contributed by atoms with Gasteiger partial charge in [0.15, 0.2) is 0 Å². The Hall–Kier alpha value is -1.16. The third-order valence-corrected chi connectivity index (χ3v) is 5.37. The van der Waals surface area contributed by atoms with Crippen molar-refractivity contribution in [2.45, 2.75) is 25.5 Å². The van der Waals surface area contributed by atoms with E-state index in [4.69, 9.17) is 5.73 Å². The van der Waals surface area contributed by atoms with Gasteiger partial charge in [-0.15, -0.1) is 11.3 Å². The molecule has 1 rings (SSSR count). The largest absolute Gasteiger partial charge is 0.351 e. The smallest absolute Gasteiger partial charge is 0.261 e. The summed E-state index contributed by atoms with van der Waals surface area (Å²) in [6, 6.07) is 1.84. The van der Waals surface area contributed by atoms with Crippen molar-refractivity contribution in [1.29, 1.82) is 0 Å². The van der Waals surface area contributed by atoms with Crippen molar-refractivity contribution in [1.82, 2.24) is 5.32 Å². The van der Waals surface area contributed by atoms with Crippen LogP contribution in [0.15, 0.2) is 6.07 Å². The molecule has 0 radical (unpaired) electrons. The Labute approximate surface area is 126 Å². The SMILES string of the molecule is Cc1cc(C(=O)NCCC(C)S(C)=O)sc1C#CCN. The number of thiophene rings is 1. The Morgan fingerprint density at radius 1 is 1.60 bits per heavy atom. The number of nitrogens with two attached hydrogens (primary N) is 1. The molecule has 0 aliphatic carbocycles. The third kappa shape index (κ3) is 5.08. The molecule has 4 nitrogen and oxygen atoms in total. The second-order valence-corrected chi connectivity index (χ2v) is 7.34. The first-order chi connectivity index (χ1) is 9.45. The van der Waals surface area contributed by atoms with Gasteiger partial charge in [0.1, 0.15) is 0 Å². The molecule has 0 aromatic carbocycles. The monoisotopic (exact) mass is 312 g/mol. The Balaban J connectivity index is 2.58. The highest BCUT2D eigenvalue weighted by atomic mass is 32.2. The average Bonchev–Trinajstić information content (AvgIpc) is 2.77. The fourth-order valence-corrected chi connectivity index (χ4v) is 2.90. The van der Waals surface area contributed by atoms with E-state index in [2.05, 4.69) is 17.2 Å². The molecule has 0 saturated heterocycles. The van der Waals surface area contributed by atoms with E-state index in [1.54, 1.807) is 6.26 Å². The molecule has 20 heavy (non-hydrogen) atoms. The van der Waals surface area contributed by atoms with Gasteiger partial charge in [0.25, 0.3) is 5.91 Å². The summed E-state index contributed by atoms with van der Waals surface area (Å²) < 4.78 is 11.2. The van der Waals surface area contributed by atoms with E-state index >= 15 is 0 Å². The topological polar surface area (TPSA) is 72.2 Å². The van der Waals surface area contributed by atoms with Crippen LogP contribution in [0, 0.1) is 18.8 Å². The molecule has 0 bridgehead atoms. The van der Waals surface area contributed by atoms with Crippen LogP contribution < -0.4 is 11.1 Å². The van der Waals surface area contributed by atoms with Gasteiger partial charge in [-0.1, -0.05) is 18.8 Å². The van der Waals surface area contributed by atoms with Crippen molar-refractivity contribution >= 4 is 28.0 Å². The minimum Gasteiger partial charge on any atom is -0.351 e. The normalized spacial score (nSPS) is 13.2. The molecule has 2 unspecified atom stereocenters. The summed E-state index contributed by atoms with van der Waals surface area (Å²) in [6.07, 6.45) is 2.39. The molecule has 3 N–H and O–H groups in total. The van der Waals surface area contributed by atoms with E-state index in [-0.39, 0.29) is 11.2 Å². The van der Waals surface area contributed by atoms with E-state index in [0.29, 0.717) is 24.4 Å². The Morgan fingerprint density at radius 3 is 2.90 bits per heavy atom. The van der Waals surface area contributed by atoms with Crippen LogP contribution in [0.3, 0.4) is 0 Å². The lowest BCUT2D eigenvalue weighted by atomic mass is 10.2. The third-order valence-electron chi connectivity index (χ3n) is 2.85. The summed E-state index contributed by atoms with van der Waals surface area (Å²) >= 11 is 1.37. The minimum absolute atomic E-state index is 0.0892. The first kappa shape index (κ1) is 16.9. The lowest BCUT2D eigenvalue weighted by Gasteiger charge is -2.08. The number of hydrogen-bond donors (Lipinski definition) is 2. The van der Waals surface area contributed by atoms with Crippen LogP contribution >= 0.6 is 11.3 Å². The van der Waals surface area contributed by atoms with Gasteiger partial charge in [-0.25, -0.2) is 0 Å². The van der Waals surface area contributed by atoms with Gasteiger partial charge in [0, 0.05) is 28.9 Å². The van der Waals surface area contributed by atoms with Gasteiger partial charge in [-0.05, 0) is 25.0 Å². The van der Waals surface area contributed by atoms with Crippen molar-refractivity contribution in [2.24, 2.45) is 5.73 Å². The van der Waals surface area contributed by atoms with Crippen LogP contribution in [-0.4, -0.2) is 34.7 Å². The van der Waals surface area contributed by atoms with Gasteiger partial charge in [0.2, 0.25) is 0 Å². The molecule has 0 fully saturated rings. The summed E-state index contributed by atoms with van der Waals surface area (Å²) in [4.78, 5) is 13.5. The number of hydrogen-bond acceptors (Lipinski definition) is 4. The molecule has 0 aliphatic rings. The predicted octanol–water partition coefficient (Wildman–Crippen LogP) is 1.25. The van der Waals surface area contributed by atoms with Crippen LogP contribution in [0.4, 0.5) is 0 Å². The predicted molar refractivity (Wildman–Crippen MR) is 85.5 cm³/mol. The summed E-state index contributed by atoms with van der Waals surface area (Å²) in [5.74, 6) is 5.65. The van der Waals surface area contributed by atoms with Crippen LogP contribution in [0.25, 0.3) is 0 Å². The van der Waals surface area contributed by atoms with Crippen molar-refractivity contribution < 1.29 is 9.00 Å². The van der Waals surface area contributed by atoms with Crippen molar-refractivity contribution in [3.8, 4) is 11.8 Å². The molecule has 0 spiro atoms. The zero-order valence-electron chi connectivity index (χ0n) is 12.0. The lowest BCUT2D eigenvalue weighted by molar-refractivity contribution is 0.0957. The van der Waals surface area contributed by atoms with E-state index < -0.39 is 10.8 Å². The fourth-order valence-electron chi connectivity index (χ4n) is 1.49. The molecular weight excluding hydrogens is 292 g/mol. The molecular formula is C14H20N2O2S2. The maximum atomic E-state index is 12.0. The number of rotatable bonds is 5. The quantitative estimate of drug-likeness (QED) is 0.804. The Morgan fingerprint density at radius 2 is 2.30 bits per heavy atom. The Kier molecular flexibility index (Phi) is 6.93. The van der Waals surface area contributed by atoms with Gasteiger partial charge in [-0.2, -0.15) is 0 Å². The molecule has 2 atom stereocenters. The van der Waals surface area contributed by atoms with Crippen molar-refractivity contribution in [3.05, 3.63) is 21.4 Å². The maximum Gasteiger partial charge on any atom is 0.261 e. The number of amides is 1. The van der Waals surface area contributed by atoms with Gasteiger partial charge in [-0.3, -0.25) is 9.00 Å². The number of nitrogens with one attached hydrogen (secondary N) is 1. The molecule has 1 heterocycles. The summed E-state index contributed by atoms with van der Waals surface area (Å²) in [5.41, 5.74) is 6.33. The molecule has 6 heteroatoms. The van der Waals surface area contributed by atoms with Crippen molar-refractivity contribution in [2.75, 3.05) is 19.3 Å². The standard InChI is InChI=1S/C14H20N2O2S2/c1-10-9-13(19-12(10)5-4-7-15)14(17)16-8-6-11(2)20(3)18/h9,11H,6-8,15H2,1-3H3,(H,16,17). The summed E-state index contributed by atoms with van der Waals surface area (Å²) in [5, 5.41) is 2.93. The van der Waals surface area contributed by atoms with Crippen LogP contribution in [-0.2, 0) is 10.8 Å². The van der Waals surface area contributed by atoms with Gasteiger partial charge >= 0.3 is 0 Å². The van der Waals surface area contributed by atoms with Crippen LogP contribution in [0.2, 0.25) is 0 Å². The van der Waals surface area contributed by atoms with Gasteiger partial charge in [0.05, 0.1) is 16.3 Å².